The van der Waals surface area contributed by atoms with Crippen molar-refractivity contribution in [3.05, 3.63) is 29.8 Å². The highest BCUT2D eigenvalue weighted by Crippen LogP contribution is 2.15. The van der Waals surface area contributed by atoms with E-state index in [9.17, 15) is 0 Å². The Labute approximate surface area is 194 Å². The molecule has 1 aromatic carbocycles. The fourth-order valence-electron chi connectivity index (χ4n) is 3.32. The number of ether oxygens (including phenoxy) is 2. The van der Waals surface area contributed by atoms with Gasteiger partial charge < -0.3 is 24.6 Å². The van der Waals surface area contributed by atoms with Crippen molar-refractivity contribution in [3.63, 3.8) is 0 Å². The summed E-state index contributed by atoms with van der Waals surface area (Å²) < 4.78 is 11.6. The van der Waals surface area contributed by atoms with E-state index in [-0.39, 0.29) is 24.0 Å². The second-order valence-electron chi connectivity index (χ2n) is 7.46. The summed E-state index contributed by atoms with van der Waals surface area (Å²) in [4.78, 5) is 9.37. The van der Waals surface area contributed by atoms with Crippen LogP contribution in [0.25, 0.3) is 0 Å². The van der Waals surface area contributed by atoms with Crippen LogP contribution in [0.3, 0.4) is 0 Å². The van der Waals surface area contributed by atoms with E-state index < -0.39 is 0 Å². The van der Waals surface area contributed by atoms with Gasteiger partial charge in [-0.05, 0) is 64.9 Å². The number of likely N-dealkylation sites (tertiary alicyclic amines) is 1. The molecule has 6 nitrogen and oxygen atoms in total. The molecule has 0 bridgehead atoms. The first-order valence-corrected chi connectivity index (χ1v) is 10.6. The molecule has 0 aliphatic carbocycles. The number of nitrogens with one attached hydrogen (secondary N) is 1. The van der Waals surface area contributed by atoms with E-state index in [2.05, 4.69) is 55.2 Å². The van der Waals surface area contributed by atoms with E-state index in [1.807, 2.05) is 12.1 Å². The zero-order valence-electron chi connectivity index (χ0n) is 18.5. The van der Waals surface area contributed by atoms with Crippen molar-refractivity contribution in [1.82, 2.24) is 15.1 Å². The second kappa shape index (κ2) is 14.8. The fraction of sp³-hybridized carbons (Fsp3) is 0.682. The molecule has 2 rings (SSSR count). The third-order valence-corrected chi connectivity index (χ3v) is 4.83. The van der Waals surface area contributed by atoms with Crippen molar-refractivity contribution in [1.29, 1.82) is 0 Å². The summed E-state index contributed by atoms with van der Waals surface area (Å²) in [6, 6.07) is 8.30. The first kappa shape index (κ1) is 26.0. The molecule has 1 fully saturated rings. The Morgan fingerprint density at radius 2 is 1.86 bits per heavy atom. The zero-order chi connectivity index (χ0) is 20.2. The molecule has 0 atom stereocenters. The maximum atomic E-state index is 5.81. The maximum Gasteiger partial charge on any atom is 0.194 e. The molecular weight excluding hydrogens is 479 g/mol. The predicted molar refractivity (Wildman–Crippen MR) is 132 cm³/mol. The second-order valence-corrected chi connectivity index (χ2v) is 7.46. The minimum Gasteiger partial charge on any atom is -0.494 e. The van der Waals surface area contributed by atoms with Gasteiger partial charge in [0.1, 0.15) is 5.75 Å². The zero-order valence-corrected chi connectivity index (χ0v) is 20.9. The summed E-state index contributed by atoms with van der Waals surface area (Å²) in [5.41, 5.74) is 1.19. The summed E-state index contributed by atoms with van der Waals surface area (Å²) in [5, 5.41) is 3.43. The molecule has 0 radical (unpaired) electrons. The van der Waals surface area contributed by atoms with Gasteiger partial charge in [0.25, 0.3) is 0 Å². The Balaban J connectivity index is 0.00000420. The topological polar surface area (TPSA) is 49.3 Å². The van der Waals surface area contributed by atoms with Gasteiger partial charge in [-0.1, -0.05) is 12.1 Å². The average Bonchev–Trinajstić information content (AvgIpc) is 2.70. The Morgan fingerprint density at radius 1 is 1.17 bits per heavy atom. The molecule has 166 valence electrons. The van der Waals surface area contributed by atoms with Crippen LogP contribution in [0.4, 0.5) is 0 Å². The van der Waals surface area contributed by atoms with E-state index in [0.29, 0.717) is 12.6 Å². The first-order chi connectivity index (χ1) is 13.6. The lowest BCUT2D eigenvalue weighted by molar-refractivity contribution is 0.0263. The van der Waals surface area contributed by atoms with Crippen LogP contribution in [0.15, 0.2) is 29.3 Å². The lowest BCUT2D eigenvalue weighted by atomic mass is 10.1. The smallest absolute Gasteiger partial charge is 0.194 e. The van der Waals surface area contributed by atoms with Gasteiger partial charge in [-0.2, -0.15) is 0 Å². The molecule has 0 unspecified atom stereocenters. The van der Waals surface area contributed by atoms with E-state index >= 15 is 0 Å². The van der Waals surface area contributed by atoms with Crippen molar-refractivity contribution in [2.75, 3.05) is 53.5 Å². The standard InChI is InChI=1S/C22H38N4O2.HI/c1-5-23-22(26-15-12-21(13-16-26)27-6-2)24-18-19-8-10-20(11-9-19)28-17-7-14-25(3)4;/h8-11,21H,5-7,12-18H2,1-4H3,(H,23,24);1H. The van der Waals surface area contributed by atoms with Crippen LogP contribution in [0.5, 0.6) is 5.75 Å². The van der Waals surface area contributed by atoms with Gasteiger partial charge in [0.15, 0.2) is 5.96 Å². The van der Waals surface area contributed by atoms with Crippen molar-refractivity contribution in [2.24, 2.45) is 4.99 Å². The third kappa shape index (κ3) is 10.00. The minimum absolute atomic E-state index is 0. The molecule has 0 saturated carbocycles. The molecule has 1 aromatic rings. The normalized spacial score (nSPS) is 15.3. The van der Waals surface area contributed by atoms with Gasteiger partial charge in [-0.3, -0.25) is 0 Å². The van der Waals surface area contributed by atoms with Crippen molar-refractivity contribution >= 4 is 29.9 Å². The number of hydrogen-bond acceptors (Lipinski definition) is 4. The number of aliphatic imine (C=N–C) groups is 1. The molecule has 1 aliphatic rings. The number of rotatable bonds is 10. The molecule has 0 aromatic heterocycles. The Bertz CT molecular complexity index is 573. The molecule has 7 heteroatoms. The molecule has 0 spiro atoms. The van der Waals surface area contributed by atoms with Crippen LogP contribution in [0.2, 0.25) is 0 Å². The van der Waals surface area contributed by atoms with Gasteiger partial charge in [-0.15, -0.1) is 24.0 Å². The van der Waals surface area contributed by atoms with Crippen LogP contribution in [0, 0.1) is 0 Å². The van der Waals surface area contributed by atoms with E-state index in [1.165, 1.54) is 5.56 Å². The third-order valence-electron chi connectivity index (χ3n) is 4.83. The van der Waals surface area contributed by atoms with E-state index in [1.54, 1.807) is 0 Å². The summed E-state index contributed by atoms with van der Waals surface area (Å²) in [7, 11) is 4.16. The number of hydrogen-bond donors (Lipinski definition) is 1. The Hall–Kier alpha value is -1.06. The number of benzene rings is 1. The molecule has 29 heavy (non-hydrogen) atoms. The molecular formula is C22H39IN4O2. The largest absolute Gasteiger partial charge is 0.494 e. The van der Waals surface area contributed by atoms with Crippen molar-refractivity contribution in [2.45, 2.75) is 45.8 Å². The Kier molecular flexibility index (Phi) is 13.3. The van der Waals surface area contributed by atoms with E-state index in [4.69, 9.17) is 14.5 Å². The lowest BCUT2D eigenvalue weighted by Gasteiger charge is -2.34. The number of nitrogens with zero attached hydrogens (tertiary/aromatic N) is 3. The van der Waals surface area contributed by atoms with Crippen molar-refractivity contribution in [3.8, 4) is 5.75 Å². The van der Waals surface area contributed by atoms with Crippen LogP contribution < -0.4 is 10.1 Å². The SMILES string of the molecule is CCNC(=NCc1ccc(OCCCN(C)C)cc1)N1CCC(OCC)CC1.I. The minimum atomic E-state index is 0. The molecule has 1 N–H and O–H groups in total. The monoisotopic (exact) mass is 518 g/mol. The summed E-state index contributed by atoms with van der Waals surface area (Å²) >= 11 is 0. The molecule has 1 saturated heterocycles. The predicted octanol–water partition coefficient (Wildman–Crippen LogP) is 3.60. The summed E-state index contributed by atoms with van der Waals surface area (Å²) in [5.74, 6) is 1.93. The number of halogens is 1. The van der Waals surface area contributed by atoms with Crippen LogP contribution in [0.1, 0.15) is 38.7 Å². The molecule has 0 amide bonds. The highest BCUT2D eigenvalue weighted by atomic mass is 127. The van der Waals surface area contributed by atoms with Gasteiger partial charge in [0.2, 0.25) is 0 Å². The first-order valence-electron chi connectivity index (χ1n) is 10.6. The van der Waals surface area contributed by atoms with Crippen LogP contribution >= 0.6 is 24.0 Å². The number of guanidine groups is 1. The Morgan fingerprint density at radius 3 is 2.45 bits per heavy atom. The lowest BCUT2D eigenvalue weighted by Crippen LogP contribution is -2.47. The quantitative estimate of drug-likeness (QED) is 0.222. The van der Waals surface area contributed by atoms with Gasteiger partial charge in [-0.25, -0.2) is 4.99 Å². The summed E-state index contributed by atoms with van der Waals surface area (Å²) in [6.45, 7) is 10.3. The summed E-state index contributed by atoms with van der Waals surface area (Å²) in [6.07, 6.45) is 3.57. The maximum absolute atomic E-state index is 5.81. The van der Waals surface area contributed by atoms with Gasteiger partial charge in [0, 0.05) is 32.8 Å². The van der Waals surface area contributed by atoms with Gasteiger partial charge in [0.05, 0.1) is 19.3 Å². The highest BCUT2D eigenvalue weighted by molar-refractivity contribution is 14.0. The number of piperidine rings is 1. The van der Waals surface area contributed by atoms with Crippen LogP contribution in [-0.4, -0.2) is 75.4 Å². The average molecular weight is 518 g/mol. The molecule has 1 aliphatic heterocycles. The fourth-order valence-corrected chi connectivity index (χ4v) is 3.32. The van der Waals surface area contributed by atoms with E-state index in [0.717, 1.165) is 70.4 Å². The van der Waals surface area contributed by atoms with Crippen molar-refractivity contribution < 1.29 is 9.47 Å². The van der Waals surface area contributed by atoms with Crippen LogP contribution in [-0.2, 0) is 11.3 Å². The highest BCUT2D eigenvalue weighted by Gasteiger charge is 2.21. The molecule has 1 heterocycles. The van der Waals surface area contributed by atoms with Gasteiger partial charge >= 0.3 is 0 Å².